The molecule has 0 saturated heterocycles. The minimum Gasteiger partial charge on any atom is -0.486 e. The fourth-order valence-corrected chi connectivity index (χ4v) is 4.80. The molecule has 0 bridgehead atoms. The lowest BCUT2D eigenvalue weighted by molar-refractivity contribution is 0.296. The van der Waals surface area contributed by atoms with Crippen LogP contribution in [0.3, 0.4) is 0 Å². The van der Waals surface area contributed by atoms with Crippen molar-refractivity contribution in [2.45, 2.75) is 6.61 Å². The van der Waals surface area contributed by atoms with Gasteiger partial charge in [-0.2, -0.15) is 9.50 Å². The second-order valence-electron chi connectivity index (χ2n) is 7.54. The average molecular weight is 531 g/mol. The largest absolute Gasteiger partial charge is 0.486 e. The first-order valence-electron chi connectivity index (χ1n) is 10.4. The van der Waals surface area contributed by atoms with Gasteiger partial charge in [-0.1, -0.05) is 68.8 Å². The zero-order valence-electron chi connectivity index (χ0n) is 17.5. The third-order valence-corrected chi connectivity index (χ3v) is 6.73. The summed E-state index contributed by atoms with van der Waals surface area (Å²) < 4.78 is 14.1. The van der Waals surface area contributed by atoms with Crippen LogP contribution in [-0.4, -0.2) is 19.8 Å². The number of nitrogens with zero attached hydrogens (tertiary/aromatic N) is 4. The van der Waals surface area contributed by atoms with Crippen LogP contribution in [0.15, 0.2) is 86.6 Å². The quantitative estimate of drug-likeness (QED) is 0.317. The first kappa shape index (κ1) is 20.8. The lowest BCUT2D eigenvalue weighted by Crippen LogP contribution is -2.23. The first-order valence-corrected chi connectivity index (χ1v) is 12.0. The molecule has 166 valence electrons. The van der Waals surface area contributed by atoms with Gasteiger partial charge in [0.25, 0.3) is 5.56 Å². The van der Waals surface area contributed by atoms with Crippen LogP contribution in [0, 0.1) is 0 Å². The topological polar surface area (TPSA) is 82.5 Å². The van der Waals surface area contributed by atoms with Crippen molar-refractivity contribution >= 4 is 49.2 Å². The predicted molar refractivity (Wildman–Crippen MR) is 134 cm³/mol. The first-order chi connectivity index (χ1) is 16.6. The Morgan fingerprint density at radius 2 is 1.88 bits per heavy atom. The van der Waals surface area contributed by atoms with Crippen LogP contribution >= 0.6 is 27.3 Å². The summed E-state index contributed by atoms with van der Waals surface area (Å²) in [5.41, 5.74) is 2.36. The molecule has 0 aliphatic rings. The van der Waals surface area contributed by atoms with Gasteiger partial charge < -0.3 is 9.26 Å². The second kappa shape index (κ2) is 8.51. The van der Waals surface area contributed by atoms with Gasteiger partial charge in [-0.15, -0.1) is 5.10 Å². The van der Waals surface area contributed by atoms with Gasteiger partial charge in [0.1, 0.15) is 17.9 Å². The van der Waals surface area contributed by atoms with Crippen LogP contribution in [0.1, 0.15) is 11.4 Å². The summed E-state index contributed by atoms with van der Waals surface area (Å²) in [5, 5.41) is 9.37. The van der Waals surface area contributed by atoms with Crippen molar-refractivity contribution in [3.8, 4) is 17.1 Å². The Morgan fingerprint density at radius 1 is 1.06 bits per heavy atom. The fraction of sp³-hybridized carbons (Fsp3) is 0.0400. The summed E-state index contributed by atoms with van der Waals surface area (Å²) in [7, 11) is 0. The molecule has 34 heavy (non-hydrogen) atoms. The van der Waals surface area contributed by atoms with Gasteiger partial charge >= 0.3 is 0 Å². The van der Waals surface area contributed by atoms with Crippen molar-refractivity contribution in [2.24, 2.45) is 0 Å². The number of thiazole rings is 1. The minimum absolute atomic E-state index is 0.181. The molecule has 6 aromatic rings. The Morgan fingerprint density at radius 3 is 2.68 bits per heavy atom. The van der Waals surface area contributed by atoms with Crippen molar-refractivity contribution in [3.63, 3.8) is 0 Å². The third-order valence-electron chi connectivity index (χ3n) is 5.24. The highest BCUT2D eigenvalue weighted by Crippen LogP contribution is 2.29. The van der Waals surface area contributed by atoms with E-state index >= 15 is 0 Å². The van der Waals surface area contributed by atoms with E-state index in [4.69, 9.17) is 9.26 Å². The van der Waals surface area contributed by atoms with E-state index < -0.39 is 0 Å². The van der Waals surface area contributed by atoms with Crippen LogP contribution in [-0.2, 0) is 6.61 Å². The van der Waals surface area contributed by atoms with E-state index in [0.29, 0.717) is 26.8 Å². The summed E-state index contributed by atoms with van der Waals surface area (Å²) in [6.45, 7) is 0.181. The number of hydrogen-bond donors (Lipinski definition) is 0. The molecule has 3 aromatic heterocycles. The van der Waals surface area contributed by atoms with Crippen molar-refractivity contribution < 1.29 is 9.26 Å². The zero-order valence-corrected chi connectivity index (χ0v) is 19.9. The molecule has 3 aromatic carbocycles. The van der Waals surface area contributed by atoms with E-state index in [2.05, 4.69) is 31.2 Å². The van der Waals surface area contributed by atoms with E-state index in [1.807, 2.05) is 78.9 Å². The Hall–Kier alpha value is -3.82. The van der Waals surface area contributed by atoms with Gasteiger partial charge in [0.2, 0.25) is 4.96 Å². The van der Waals surface area contributed by atoms with Crippen molar-refractivity contribution in [1.29, 1.82) is 0 Å². The van der Waals surface area contributed by atoms with Crippen LogP contribution in [0.5, 0.6) is 5.75 Å². The van der Waals surface area contributed by atoms with E-state index in [-0.39, 0.29) is 12.2 Å². The highest BCUT2D eigenvalue weighted by atomic mass is 79.9. The number of hydrogen-bond acceptors (Lipinski definition) is 7. The molecule has 6 rings (SSSR count). The molecule has 3 heterocycles. The molecular formula is C25H15BrN4O3S. The van der Waals surface area contributed by atoms with Gasteiger partial charge in [0, 0.05) is 10.0 Å². The Kier molecular flexibility index (Phi) is 5.20. The third kappa shape index (κ3) is 3.89. The van der Waals surface area contributed by atoms with Gasteiger partial charge in [-0.05, 0) is 48.0 Å². The summed E-state index contributed by atoms with van der Waals surface area (Å²) in [5.74, 6) is 1.86. The summed E-state index contributed by atoms with van der Waals surface area (Å²) >= 11 is 4.69. The van der Waals surface area contributed by atoms with Gasteiger partial charge in [0.15, 0.2) is 11.6 Å². The molecule has 0 radical (unpaired) electrons. The van der Waals surface area contributed by atoms with E-state index in [1.165, 1.54) is 15.9 Å². The molecule has 0 fully saturated rings. The lowest BCUT2D eigenvalue weighted by Gasteiger charge is -2.02. The summed E-state index contributed by atoms with van der Waals surface area (Å²) in [4.78, 5) is 17.9. The van der Waals surface area contributed by atoms with Crippen molar-refractivity contribution in [2.75, 3.05) is 0 Å². The zero-order chi connectivity index (χ0) is 23.1. The number of benzene rings is 3. The average Bonchev–Trinajstić information content (AvgIpc) is 3.54. The smallest absolute Gasteiger partial charge is 0.291 e. The fourth-order valence-electron chi connectivity index (χ4n) is 3.61. The monoisotopic (exact) mass is 530 g/mol. The molecular weight excluding hydrogens is 516 g/mol. The van der Waals surface area contributed by atoms with Crippen molar-refractivity contribution in [3.05, 3.63) is 104 Å². The maximum atomic E-state index is 12.9. The van der Waals surface area contributed by atoms with Gasteiger partial charge in [-0.3, -0.25) is 4.79 Å². The van der Waals surface area contributed by atoms with E-state index in [9.17, 15) is 4.79 Å². The molecule has 0 spiro atoms. The number of fused-ring (bicyclic) bond motifs is 2. The maximum absolute atomic E-state index is 12.9. The molecule has 0 unspecified atom stereocenters. The number of halogens is 1. The van der Waals surface area contributed by atoms with Crippen LogP contribution in [0.25, 0.3) is 33.3 Å². The van der Waals surface area contributed by atoms with E-state index in [0.717, 1.165) is 26.5 Å². The minimum atomic E-state index is -0.212. The van der Waals surface area contributed by atoms with Crippen LogP contribution in [0.4, 0.5) is 0 Å². The van der Waals surface area contributed by atoms with Gasteiger partial charge in [0.05, 0.1) is 9.92 Å². The molecule has 9 heteroatoms. The molecule has 0 aliphatic heterocycles. The van der Waals surface area contributed by atoms with Crippen LogP contribution in [0.2, 0.25) is 0 Å². The molecule has 0 atom stereocenters. The Balaban J connectivity index is 1.31. The summed E-state index contributed by atoms with van der Waals surface area (Å²) in [6, 6.07) is 23.1. The normalized spacial score (nSPS) is 12.1. The summed E-state index contributed by atoms with van der Waals surface area (Å²) in [6.07, 6.45) is 1.84. The second-order valence-corrected chi connectivity index (χ2v) is 9.46. The maximum Gasteiger partial charge on any atom is 0.291 e. The molecule has 0 aliphatic carbocycles. The highest BCUT2D eigenvalue weighted by Gasteiger charge is 2.13. The molecule has 0 N–H and O–H groups in total. The molecule has 0 saturated carbocycles. The molecule has 7 nitrogen and oxygen atoms in total. The number of ether oxygens (including phenoxy) is 1. The van der Waals surface area contributed by atoms with E-state index in [1.54, 1.807) is 0 Å². The highest BCUT2D eigenvalue weighted by molar-refractivity contribution is 9.10. The molecule has 0 amide bonds. The number of aromatic nitrogens is 4. The van der Waals surface area contributed by atoms with Gasteiger partial charge in [-0.25, -0.2) is 0 Å². The SMILES string of the molecule is O=c1/c(=C/c2ccc3noc(-c4ccccc4)c3c2)sc2nc(COc3ccc(Br)cc3)nn12. The standard InChI is InChI=1S/C25H15BrN4O3S/c26-17-7-9-18(10-8-17)32-14-22-27-25-30(28-22)24(31)21(34-25)13-15-6-11-20-19(12-15)23(33-29-20)16-4-2-1-3-5-16/h1-13H,14H2/b21-13-. The van der Waals surface area contributed by atoms with Crippen LogP contribution < -0.4 is 14.8 Å². The number of rotatable bonds is 5. The Bertz CT molecular complexity index is 1740. The van der Waals surface area contributed by atoms with Crippen molar-refractivity contribution in [1.82, 2.24) is 19.8 Å². The lowest BCUT2D eigenvalue weighted by atomic mass is 10.1. The predicted octanol–water partition coefficient (Wildman–Crippen LogP) is 4.85. The Labute approximate surface area is 205 Å².